The third-order valence-corrected chi connectivity index (χ3v) is 5.44. The Morgan fingerprint density at radius 2 is 1.62 bits per heavy atom. The van der Waals surface area contributed by atoms with E-state index >= 15 is 0 Å². The van der Waals surface area contributed by atoms with E-state index in [1.807, 2.05) is 12.1 Å². The van der Waals surface area contributed by atoms with E-state index in [2.05, 4.69) is 38.2 Å². The SMILES string of the molecule is CC(C)(C)c1ccc(SCC(=O)Nc2ccc(CS(N)(=O)=O)cc2)cc1. The van der Waals surface area contributed by atoms with Gasteiger partial charge in [-0.25, -0.2) is 13.6 Å². The fraction of sp³-hybridized carbons (Fsp3) is 0.316. The number of rotatable bonds is 6. The summed E-state index contributed by atoms with van der Waals surface area (Å²) in [6.07, 6.45) is 0. The number of sulfonamides is 1. The van der Waals surface area contributed by atoms with E-state index in [0.29, 0.717) is 17.0 Å². The Bertz CT molecular complexity index is 853. The van der Waals surface area contributed by atoms with Crippen LogP contribution in [0.2, 0.25) is 0 Å². The molecule has 2 aromatic rings. The standard InChI is InChI=1S/C19H24N2O3S2/c1-19(2,3)15-6-10-17(11-7-15)25-12-18(22)21-16-8-4-14(5-9-16)13-26(20,23)24/h4-11H,12-13H2,1-3H3,(H,21,22)(H2,20,23,24). The van der Waals surface area contributed by atoms with Crippen molar-refractivity contribution in [3.8, 4) is 0 Å². The molecule has 0 bridgehead atoms. The number of hydrogen-bond acceptors (Lipinski definition) is 4. The number of benzene rings is 2. The minimum Gasteiger partial charge on any atom is -0.325 e. The molecule has 0 radical (unpaired) electrons. The predicted molar refractivity (Wildman–Crippen MR) is 108 cm³/mol. The fourth-order valence-corrected chi connectivity index (χ4v) is 3.67. The van der Waals surface area contributed by atoms with Crippen molar-refractivity contribution >= 4 is 33.4 Å². The molecule has 7 heteroatoms. The zero-order valence-corrected chi connectivity index (χ0v) is 16.8. The Labute approximate surface area is 159 Å². The van der Waals surface area contributed by atoms with Crippen molar-refractivity contribution in [2.75, 3.05) is 11.1 Å². The average Bonchev–Trinajstić information content (AvgIpc) is 2.53. The van der Waals surface area contributed by atoms with Gasteiger partial charge in [0, 0.05) is 10.6 Å². The summed E-state index contributed by atoms with van der Waals surface area (Å²) in [5.41, 5.74) is 2.57. The summed E-state index contributed by atoms with van der Waals surface area (Å²) in [4.78, 5) is 13.1. The van der Waals surface area contributed by atoms with E-state index in [1.54, 1.807) is 24.3 Å². The molecule has 0 aliphatic carbocycles. The Morgan fingerprint density at radius 3 is 2.12 bits per heavy atom. The summed E-state index contributed by atoms with van der Waals surface area (Å²) in [5, 5.41) is 7.81. The lowest BCUT2D eigenvalue weighted by Crippen LogP contribution is -2.15. The van der Waals surface area contributed by atoms with Crippen LogP contribution in [0.3, 0.4) is 0 Å². The molecule has 0 saturated carbocycles. The summed E-state index contributed by atoms with van der Waals surface area (Å²) < 4.78 is 22.1. The summed E-state index contributed by atoms with van der Waals surface area (Å²) >= 11 is 1.47. The molecular weight excluding hydrogens is 368 g/mol. The lowest BCUT2D eigenvalue weighted by molar-refractivity contribution is -0.113. The number of nitrogens with one attached hydrogen (secondary N) is 1. The van der Waals surface area contributed by atoms with Gasteiger partial charge in [0.15, 0.2) is 0 Å². The summed E-state index contributed by atoms with van der Waals surface area (Å²) in [6, 6.07) is 14.8. The molecule has 140 valence electrons. The molecule has 2 aromatic carbocycles. The van der Waals surface area contributed by atoms with Crippen LogP contribution in [0.1, 0.15) is 31.9 Å². The molecule has 3 N–H and O–H groups in total. The molecule has 2 rings (SSSR count). The number of primary sulfonamides is 1. The van der Waals surface area contributed by atoms with Gasteiger partial charge >= 0.3 is 0 Å². The van der Waals surface area contributed by atoms with Crippen LogP contribution in [0, 0.1) is 0 Å². The molecule has 0 spiro atoms. The van der Waals surface area contributed by atoms with E-state index in [1.165, 1.54) is 17.3 Å². The molecule has 0 saturated heterocycles. The van der Waals surface area contributed by atoms with Crippen LogP contribution in [-0.2, 0) is 26.0 Å². The lowest BCUT2D eigenvalue weighted by atomic mass is 9.87. The van der Waals surface area contributed by atoms with Crippen LogP contribution in [0.25, 0.3) is 0 Å². The molecule has 0 aliphatic heterocycles. The van der Waals surface area contributed by atoms with Crippen LogP contribution < -0.4 is 10.5 Å². The van der Waals surface area contributed by atoms with E-state index < -0.39 is 10.0 Å². The number of carbonyl (C=O) groups is 1. The Kier molecular flexibility index (Phi) is 6.49. The zero-order chi connectivity index (χ0) is 19.4. The Morgan fingerprint density at radius 1 is 1.04 bits per heavy atom. The lowest BCUT2D eigenvalue weighted by Gasteiger charge is -2.19. The highest BCUT2D eigenvalue weighted by Gasteiger charge is 2.13. The quantitative estimate of drug-likeness (QED) is 0.736. The number of carbonyl (C=O) groups excluding carboxylic acids is 1. The van der Waals surface area contributed by atoms with Crippen molar-refractivity contribution in [2.24, 2.45) is 5.14 Å². The molecule has 0 unspecified atom stereocenters. The largest absolute Gasteiger partial charge is 0.325 e. The normalized spacial score (nSPS) is 12.0. The summed E-state index contributed by atoms with van der Waals surface area (Å²) in [5.74, 6) is -0.0378. The second kappa shape index (κ2) is 8.24. The van der Waals surface area contributed by atoms with Gasteiger partial charge in [-0.15, -0.1) is 11.8 Å². The second-order valence-corrected chi connectivity index (χ2v) is 9.78. The minimum absolute atomic E-state index is 0.107. The van der Waals surface area contributed by atoms with Gasteiger partial charge in [0.25, 0.3) is 0 Å². The fourth-order valence-electron chi connectivity index (χ4n) is 2.31. The first-order chi connectivity index (χ1) is 12.0. The number of nitrogens with two attached hydrogens (primary N) is 1. The van der Waals surface area contributed by atoms with Crippen molar-refractivity contribution in [2.45, 2.75) is 36.8 Å². The van der Waals surface area contributed by atoms with E-state index in [-0.39, 0.29) is 17.1 Å². The number of amides is 1. The first kappa shape index (κ1) is 20.5. The van der Waals surface area contributed by atoms with Gasteiger partial charge in [0.2, 0.25) is 15.9 Å². The number of hydrogen-bond donors (Lipinski definition) is 2. The maximum atomic E-state index is 12.1. The predicted octanol–water partition coefficient (Wildman–Crippen LogP) is 3.50. The molecule has 5 nitrogen and oxygen atoms in total. The Balaban J connectivity index is 1.87. The average molecular weight is 393 g/mol. The smallest absolute Gasteiger partial charge is 0.234 e. The molecule has 0 aliphatic rings. The molecular formula is C19H24N2O3S2. The van der Waals surface area contributed by atoms with Gasteiger partial charge in [0.05, 0.1) is 11.5 Å². The first-order valence-electron chi connectivity index (χ1n) is 8.15. The van der Waals surface area contributed by atoms with Gasteiger partial charge in [-0.2, -0.15) is 0 Å². The number of anilines is 1. The maximum absolute atomic E-state index is 12.1. The molecule has 0 aromatic heterocycles. The van der Waals surface area contributed by atoms with Gasteiger partial charge in [-0.3, -0.25) is 4.79 Å². The third-order valence-electron chi connectivity index (χ3n) is 3.70. The molecule has 1 amide bonds. The molecule has 0 atom stereocenters. The van der Waals surface area contributed by atoms with Crippen LogP contribution in [0.15, 0.2) is 53.4 Å². The first-order valence-corrected chi connectivity index (χ1v) is 10.9. The van der Waals surface area contributed by atoms with E-state index in [4.69, 9.17) is 5.14 Å². The van der Waals surface area contributed by atoms with Crippen molar-refractivity contribution < 1.29 is 13.2 Å². The van der Waals surface area contributed by atoms with Gasteiger partial charge < -0.3 is 5.32 Å². The van der Waals surface area contributed by atoms with Crippen LogP contribution in [0.4, 0.5) is 5.69 Å². The van der Waals surface area contributed by atoms with E-state index in [9.17, 15) is 13.2 Å². The molecule has 0 heterocycles. The van der Waals surface area contributed by atoms with Gasteiger partial charge in [-0.05, 0) is 40.8 Å². The molecule has 0 fully saturated rings. The minimum atomic E-state index is -3.56. The monoisotopic (exact) mass is 392 g/mol. The summed E-state index contributed by atoms with van der Waals surface area (Å²) in [7, 11) is -3.56. The van der Waals surface area contributed by atoms with Crippen molar-refractivity contribution in [3.05, 3.63) is 59.7 Å². The second-order valence-electron chi connectivity index (χ2n) is 7.12. The van der Waals surface area contributed by atoms with Crippen molar-refractivity contribution in [1.29, 1.82) is 0 Å². The Hall–Kier alpha value is -1.83. The third kappa shape index (κ3) is 6.82. The highest BCUT2D eigenvalue weighted by molar-refractivity contribution is 8.00. The number of thioether (sulfide) groups is 1. The zero-order valence-electron chi connectivity index (χ0n) is 15.2. The molecule has 26 heavy (non-hydrogen) atoms. The van der Waals surface area contributed by atoms with E-state index in [0.717, 1.165) is 4.90 Å². The topological polar surface area (TPSA) is 89.3 Å². The maximum Gasteiger partial charge on any atom is 0.234 e. The van der Waals surface area contributed by atoms with Crippen LogP contribution in [0.5, 0.6) is 0 Å². The highest BCUT2D eigenvalue weighted by Crippen LogP contribution is 2.25. The van der Waals surface area contributed by atoms with Crippen molar-refractivity contribution in [3.63, 3.8) is 0 Å². The van der Waals surface area contributed by atoms with Crippen molar-refractivity contribution in [1.82, 2.24) is 0 Å². The van der Waals surface area contributed by atoms with Crippen LogP contribution >= 0.6 is 11.8 Å². The summed E-state index contributed by atoms with van der Waals surface area (Å²) in [6.45, 7) is 6.49. The van der Waals surface area contributed by atoms with Crippen LogP contribution in [-0.4, -0.2) is 20.1 Å². The van der Waals surface area contributed by atoms with Gasteiger partial charge in [0.1, 0.15) is 0 Å². The highest BCUT2D eigenvalue weighted by atomic mass is 32.2. The van der Waals surface area contributed by atoms with Gasteiger partial charge in [-0.1, -0.05) is 45.0 Å².